The summed E-state index contributed by atoms with van der Waals surface area (Å²) in [7, 11) is 2.94. The van der Waals surface area contributed by atoms with Crippen molar-refractivity contribution < 1.29 is 23.8 Å². The van der Waals surface area contributed by atoms with E-state index < -0.39 is 5.97 Å². The number of nitrogens with one attached hydrogen (secondary N) is 1. The maximum atomic E-state index is 13.1. The second-order valence-electron chi connectivity index (χ2n) is 8.62. The minimum absolute atomic E-state index is 0.0984. The van der Waals surface area contributed by atoms with Crippen molar-refractivity contribution in [3.05, 3.63) is 63.7 Å². The Kier molecular flexibility index (Phi) is 7.33. The maximum absolute atomic E-state index is 13.1. The van der Waals surface area contributed by atoms with Crippen molar-refractivity contribution in [3.8, 4) is 11.5 Å². The molecule has 0 spiro atoms. The molecular weight excluding hydrogens is 450 g/mol. The highest BCUT2D eigenvalue weighted by Crippen LogP contribution is 2.35. The van der Waals surface area contributed by atoms with Gasteiger partial charge in [-0.05, 0) is 31.4 Å². The van der Waals surface area contributed by atoms with Crippen molar-refractivity contribution in [1.29, 1.82) is 0 Å². The Labute approximate surface area is 203 Å². The van der Waals surface area contributed by atoms with Crippen molar-refractivity contribution in [2.24, 2.45) is 5.92 Å². The molecule has 1 N–H and O–H groups in total. The van der Waals surface area contributed by atoms with Gasteiger partial charge in [-0.2, -0.15) is 0 Å². The van der Waals surface area contributed by atoms with Crippen LogP contribution in [0.2, 0.25) is 0 Å². The molecule has 2 aromatic heterocycles. The molecule has 2 heterocycles. The number of esters is 1. The van der Waals surface area contributed by atoms with Crippen LogP contribution in [0.25, 0.3) is 5.65 Å². The highest BCUT2D eigenvalue weighted by atomic mass is 16.5. The number of nitrogens with zero attached hydrogens (tertiary/aromatic N) is 2. The standard InChI is InChI=1S/C26H29N3O6/c1-16-8-7-11-29-23(30)12-18(27-24(16)29)15-35-26(32)19-13-21(33-2)22(34-3)14-20(19)28-25(31)17-9-5-4-6-10-17/h7-8,11-14,17H,4-6,9-10,15H2,1-3H3,(H,28,31). The number of aromatic nitrogens is 2. The fourth-order valence-electron chi connectivity index (χ4n) is 4.35. The number of anilines is 1. The van der Waals surface area contributed by atoms with Gasteiger partial charge in [-0.3, -0.25) is 14.0 Å². The van der Waals surface area contributed by atoms with E-state index in [0.29, 0.717) is 22.8 Å². The number of hydrogen-bond acceptors (Lipinski definition) is 7. The maximum Gasteiger partial charge on any atom is 0.340 e. The second-order valence-corrected chi connectivity index (χ2v) is 8.62. The number of carbonyl (C=O) groups is 2. The number of aryl methyl sites for hydroxylation is 1. The molecule has 9 heteroatoms. The number of pyridine rings is 1. The Bertz CT molecular complexity index is 1310. The van der Waals surface area contributed by atoms with Gasteiger partial charge in [-0.1, -0.05) is 25.3 Å². The fraction of sp³-hybridized carbons (Fsp3) is 0.385. The number of ether oxygens (including phenoxy) is 3. The number of benzene rings is 1. The third-order valence-electron chi connectivity index (χ3n) is 6.27. The summed E-state index contributed by atoms with van der Waals surface area (Å²) in [6.07, 6.45) is 6.43. The fourth-order valence-corrected chi connectivity index (χ4v) is 4.35. The van der Waals surface area contributed by atoms with Gasteiger partial charge >= 0.3 is 5.97 Å². The number of carbonyl (C=O) groups excluding carboxylic acids is 2. The molecule has 1 aliphatic carbocycles. The monoisotopic (exact) mass is 479 g/mol. The average Bonchev–Trinajstić information content (AvgIpc) is 2.88. The molecule has 3 aromatic rings. The van der Waals surface area contributed by atoms with E-state index in [-0.39, 0.29) is 35.2 Å². The van der Waals surface area contributed by atoms with Crippen molar-refractivity contribution in [1.82, 2.24) is 9.38 Å². The predicted molar refractivity (Wildman–Crippen MR) is 130 cm³/mol. The van der Waals surface area contributed by atoms with E-state index in [1.165, 1.54) is 30.8 Å². The summed E-state index contributed by atoms with van der Waals surface area (Å²) < 4.78 is 17.6. The summed E-state index contributed by atoms with van der Waals surface area (Å²) >= 11 is 0. The van der Waals surface area contributed by atoms with Gasteiger partial charge in [-0.15, -0.1) is 0 Å². The lowest BCUT2D eigenvalue weighted by Crippen LogP contribution is -2.26. The second kappa shape index (κ2) is 10.6. The molecule has 0 bridgehead atoms. The first-order valence-electron chi connectivity index (χ1n) is 11.6. The van der Waals surface area contributed by atoms with Crippen LogP contribution in [0.4, 0.5) is 5.69 Å². The highest BCUT2D eigenvalue weighted by Gasteiger charge is 2.25. The molecule has 1 saturated carbocycles. The van der Waals surface area contributed by atoms with E-state index in [0.717, 1.165) is 37.7 Å². The molecule has 0 unspecified atom stereocenters. The van der Waals surface area contributed by atoms with Gasteiger partial charge in [0.1, 0.15) is 12.3 Å². The van der Waals surface area contributed by atoms with Crippen LogP contribution in [0.5, 0.6) is 11.5 Å². The zero-order valence-corrected chi connectivity index (χ0v) is 20.1. The Morgan fingerprint density at radius 2 is 1.80 bits per heavy atom. The molecule has 0 saturated heterocycles. The molecule has 1 aliphatic rings. The normalized spacial score (nSPS) is 13.9. The van der Waals surface area contributed by atoms with Gasteiger partial charge in [0, 0.05) is 30.3 Å². The Balaban J connectivity index is 1.59. The Morgan fingerprint density at radius 3 is 2.51 bits per heavy atom. The molecule has 1 aromatic carbocycles. The van der Waals surface area contributed by atoms with Crippen molar-refractivity contribution >= 4 is 23.2 Å². The number of rotatable bonds is 7. The molecule has 184 valence electrons. The van der Waals surface area contributed by atoms with Crippen LogP contribution in [0.3, 0.4) is 0 Å². The van der Waals surface area contributed by atoms with Crippen LogP contribution in [-0.2, 0) is 16.1 Å². The zero-order chi connectivity index (χ0) is 24.9. The number of amides is 1. The molecule has 1 amide bonds. The molecule has 35 heavy (non-hydrogen) atoms. The summed E-state index contributed by atoms with van der Waals surface area (Å²) in [5.41, 5.74) is 1.79. The Morgan fingerprint density at radius 1 is 1.09 bits per heavy atom. The van der Waals surface area contributed by atoms with E-state index in [9.17, 15) is 14.4 Å². The largest absolute Gasteiger partial charge is 0.493 e. The lowest BCUT2D eigenvalue weighted by atomic mass is 9.88. The summed E-state index contributed by atoms with van der Waals surface area (Å²) in [4.78, 5) is 42.9. The smallest absolute Gasteiger partial charge is 0.340 e. The molecule has 1 fully saturated rings. The van der Waals surface area contributed by atoms with E-state index in [2.05, 4.69) is 10.3 Å². The first kappa shape index (κ1) is 24.3. The van der Waals surface area contributed by atoms with Gasteiger partial charge < -0.3 is 19.5 Å². The minimum Gasteiger partial charge on any atom is -0.493 e. The van der Waals surface area contributed by atoms with Crippen LogP contribution in [0.15, 0.2) is 41.3 Å². The molecule has 0 radical (unpaired) electrons. The first-order valence-corrected chi connectivity index (χ1v) is 11.6. The van der Waals surface area contributed by atoms with Gasteiger partial charge in [0.15, 0.2) is 11.5 Å². The quantitative estimate of drug-likeness (QED) is 0.512. The van der Waals surface area contributed by atoms with Gasteiger partial charge in [0.25, 0.3) is 5.56 Å². The van der Waals surface area contributed by atoms with E-state index in [1.54, 1.807) is 18.3 Å². The first-order chi connectivity index (χ1) is 16.9. The van der Waals surface area contributed by atoms with Crippen LogP contribution in [0, 0.1) is 12.8 Å². The lowest BCUT2D eigenvalue weighted by Gasteiger charge is -2.22. The molecule has 9 nitrogen and oxygen atoms in total. The van der Waals surface area contributed by atoms with Crippen LogP contribution < -0.4 is 20.3 Å². The highest BCUT2D eigenvalue weighted by molar-refractivity contribution is 6.02. The van der Waals surface area contributed by atoms with Crippen molar-refractivity contribution in [3.63, 3.8) is 0 Å². The van der Waals surface area contributed by atoms with E-state index >= 15 is 0 Å². The zero-order valence-electron chi connectivity index (χ0n) is 20.1. The minimum atomic E-state index is -0.684. The average molecular weight is 480 g/mol. The van der Waals surface area contributed by atoms with Crippen molar-refractivity contribution in [2.45, 2.75) is 45.6 Å². The number of hydrogen-bond donors (Lipinski definition) is 1. The number of fused-ring (bicyclic) bond motifs is 1. The van der Waals surface area contributed by atoms with E-state index in [1.807, 2.05) is 13.0 Å². The van der Waals surface area contributed by atoms with Crippen LogP contribution >= 0.6 is 0 Å². The SMILES string of the molecule is COc1cc(NC(=O)C2CCCCC2)c(C(=O)OCc2cc(=O)n3cccc(C)c3n2)cc1OC. The van der Waals surface area contributed by atoms with E-state index in [4.69, 9.17) is 14.2 Å². The lowest BCUT2D eigenvalue weighted by molar-refractivity contribution is -0.120. The Hall–Kier alpha value is -3.88. The number of methoxy groups -OCH3 is 2. The molecule has 4 rings (SSSR count). The van der Waals surface area contributed by atoms with Crippen LogP contribution in [-0.4, -0.2) is 35.5 Å². The van der Waals surface area contributed by atoms with Gasteiger partial charge in [0.2, 0.25) is 5.91 Å². The summed E-state index contributed by atoms with van der Waals surface area (Å²) in [5, 5.41) is 2.88. The van der Waals surface area contributed by atoms with Gasteiger partial charge in [0.05, 0.1) is 31.2 Å². The predicted octanol–water partition coefficient (Wildman–Crippen LogP) is 3.90. The topological polar surface area (TPSA) is 108 Å². The summed E-state index contributed by atoms with van der Waals surface area (Å²) in [6.45, 7) is 1.64. The third-order valence-corrected chi connectivity index (χ3v) is 6.27. The molecule has 0 aliphatic heterocycles. The summed E-state index contributed by atoms with van der Waals surface area (Å²) in [6, 6.07) is 7.98. The van der Waals surface area contributed by atoms with Crippen molar-refractivity contribution in [2.75, 3.05) is 19.5 Å². The molecular formula is C26H29N3O6. The third kappa shape index (κ3) is 5.29. The van der Waals surface area contributed by atoms with Gasteiger partial charge in [-0.25, -0.2) is 9.78 Å². The molecule has 0 atom stereocenters. The van der Waals surface area contributed by atoms with Crippen LogP contribution in [0.1, 0.15) is 53.7 Å². The summed E-state index contributed by atoms with van der Waals surface area (Å²) in [5.74, 6) is -0.212.